The van der Waals surface area contributed by atoms with Gasteiger partial charge in [0.25, 0.3) is 0 Å². The highest BCUT2D eigenvalue weighted by molar-refractivity contribution is 7.92. The van der Waals surface area contributed by atoms with Crippen LogP contribution in [0.5, 0.6) is 0 Å². The van der Waals surface area contributed by atoms with Crippen molar-refractivity contribution in [3.05, 3.63) is 60.3 Å². The van der Waals surface area contributed by atoms with E-state index < -0.39 is 39.6 Å². The van der Waals surface area contributed by atoms with Crippen LogP contribution in [-0.4, -0.2) is 61.7 Å². The molecule has 5 rings (SSSR count). The lowest BCUT2D eigenvalue weighted by Gasteiger charge is -2.32. The molecule has 2 fully saturated rings. The summed E-state index contributed by atoms with van der Waals surface area (Å²) in [5.41, 5.74) is 3.15. The van der Waals surface area contributed by atoms with Crippen LogP contribution in [0, 0.1) is 27.8 Å². The molecule has 4 atom stereocenters. The van der Waals surface area contributed by atoms with Gasteiger partial charge in [-0.2, -0.15) is 10.4 Å². The number of amides is 1. The van der Waals surface area contributed by atoms with E-state index in [0.717, 1.165) is 23.0 Å². The van der Waals surface area contributed by atoms with Crippen LogP contribution >= 0.6 is 0 Å². The van der Waals surface area contributed by atoms with Gasteiger partial charge in [0.05, 0.1) is 18.0 Å². The lowest BCUT2D eigenvalue weighted by atomic mass is 9.74. The number of carbonyl (C=O) groups excluding carboxylic acids is 1. The minimum Gasteiger partial charge on any atom is -0.370 e. The normalized spacial score (nSPS) is 23.2. The smallest absolute Gasteiger partial charge is 0.224 e. The number of rotatable bonds is 6. The van der Waals surface area contributed by atoms with Crippen LogP contribution in [0.25, 0.3) is 16.9 Å². The Morgan fingerprint density at radius 1 is 1.20 bits per heavy atom. The van der Waals surface area contributed by atoms with Gasteiger partial charge in [-0.3, -0.25) is 9.57 Å². The van der Waals surface area contributed by atoms with Gasteiger partial charge in [0, 0.05) is 63.6 Å². The summed E-state index contributed by atoms with van der Waals surface area (Å²) >= 11 is 0. The molecule has 210 valence electrons. The number of pyridine rings is 1. The summed E-state index contributed by atoms with van der Waals surface area (Å²) in [7, 11) is -2.50. The Hall–Kier alpha value is -3.85. The van der Waals surface area contributed by atoms with Gasteiger partial charge in [-0.15, -0.1) is 0 Å². The summed E-state index contributed by atoms with van der Waals surface area (Å²) in [4.78, 5) is 19.4. The first-order chi connectivity index (χ1) is 19.1. The first-order valence-corrected chi connectivity index (χ1v) is 15.2. The van der Waals surface area contributed by atoms with Crippen LogP contribution in [-0.2, 0) is 14.5 Å². The van der Waals surface area contributed by atoms with E-state index in [1.54, 1.807) is 17.8 Å². The van der Waals surface area contributed by atoms with Crippen LogP contribution in [0.4, 0.5) is 14.5 Å². The maximum Gasteiger partial charge on any atom is 0.224 e. The Morgan fingerprint density at radius 3 is 2.58 bits per heavy atom. The lowest BCUT2D eigenvalue weighted by molar-refractivity contribution is -0.127. The van der Waals surface area contributed by atoms with Gasteiger partial charge in [-0.1, -0.05) is 12.1 Å². The number of carbonyl (C=O) groups is 1. The van der Waals surface area contributed by atoms with E-state index in [9.17, 15) is 23.0 Å². The van der Waals surface area contributed by atoms with Crippen LogP contribution < -0.4 is 10.2 Å². The molecule has 9 nitrogen and oxygen atoms in total. The molecule has 1 saturated carbocycles. The summed E-state index contributed by atoms with van der Waals surface area (Å²) in [6.45, 7) is 2.67. The Morgan fingerprint density at radius 2 is 1.93 bits per heavy atom. The number of anilines is 1. The quantitative estimate of drug-likeness (QED) is 0.460. The van der Waals surface area contributed by atoms with Gasteiger partial charge in [-0.25, -0.2) is 22.7 Å². The third kappa shape index (κ3) is 5.99. The number of aromatic nitrogens is 3. The fourth-order valence-electron chi connectivity index (χ4n) is 5.43. The first kappa shape index (κ1) is 27.7. The Labute approximate surface area is 232 Å². The molecule has 12 heteroatoms. The Bertz CT molecular complexity index is 1500. The summed E-state index contributed by atoms with van der Waals surface area (Å²) < 4.78 is 49.5. The number of benzene rings is 1. The van der Waals surface area contributed by atoms with Gasteiger partial charge in [-0.05, 0) is 56.0 Å². The van der Waals surface area contributed by atoms with Gasteiger partial charge in [0.15, 0.2) is 5.82 Å². The van der Waals surface area contributed by atoms with Crippen LogP contribution in [0.15, 0.2) is 48.8 Å². The zero-order chi connectivity index (χ0) is 28.4. The molecular formula is C28H31F2N7O2S. The highest BCUT2D eigenvalue weighted by Crippen LogP contribution is 2.43. The fourth-order valence-corrected chi connectivity index (χ4v) is 6.67. The van der Waals surface area contributed by atoms with Crippen molar-refractivity contribution in [1.29, 1.82) is 10.0 Å². The second-order valence-electron chi connectivity index (χ2n) is 10.4. The molecule has 2 unspecified atom stereocenters. The van der Waals surface area contributed by atoms with Crippen molar-refractivity contribution in [2.45, 2.75) is 44.3 Å². The average molecular weight is 568 g/mol. The van der Waals surface area contributed by atoms with E-state index in [0.29, 0.717) is 42.5 Å². The van der Waals surface area contributed by atoms with Gasteiger partial charge >= 0.3 is 0 Å². The topological polar surface area (TPSA) is 128 Å². The van der Waals surface area contributed by atoms with Crippen molar-refractivity contribution in [3.8, 4) is 23.0 Å². The SMILES string of the molecule is C[C@@H](C#N)NC(=O)[C@@H]1CC(F)CCC1c1nn(-c2ccc(F)cn2)cc1-c1ccc(N2CCS(=N)(=O)CC2)cc1. The first-order valence-electron chi connectivity index (χ1n) is 13.3. The third-order valence-electron chi connectivity index (χ3n) is 7.64. The summed E-state index contributed by atoms with van der Waals surface area (Å²) in [5, 5.41) is 16.7. The van der Waals surface area contributed by atoms with E-state index in [4.69, 9.17) is 9.88 Å². The van der Waals surface area contributed by atoms with Gasteiger partial charge in [0.1, 0.15) is 18.0 Å². The maximum atomic E-state index is 14.6. The second kappa shape index (κ2) is 11.3. The number of hydrogen-bond acceptors (Lipinski definition) is 7. The van der Waals surface area contributed by atoms with Crippen molar-refractivity contribution in [2.24, 2.45) is 5.92 Å². The number of nitrogens with zero attached hydrogens (tertiary/aromatic N) is 5. The van der Waals surface area contributed by atoms with Crippen LogP contribution in [0.2, 0.25) is 0 Å². The summed E-state index contributed by atoms with van der Waals surface area (Å²) in [5.74, 6) is -0.903. The van der Waals surface area contributed by atoms with E-state index >= 15 is 0 Å². The zero-order valence-corrected chi connectivity index (χ0v) is 22.9. The van der Waals surface area contributed by atoms with Crippen molar-refractivity contribution in [2.75, 3.05) is 29.5 Å². The number of nitriles is 1. The molecule has 0 spiro atoms. The highest BCUT2D eigenvalue weighted by Gasteiger charge is 2.39. The molecule has 1 aromatic carbocycles. The average Bonchev–Trinajstić information content (AvgIpc) is 3.38. The minimum atomic E-state index is -2.50. The number of hydrogen-bond donors (Lipinski definition) is 2. The van der Waals surface area contributed by atoms with E-state index in [2.05, 4.69) is 15.2 Å². The summed E-state index contributed by atoms with van der Waals surface area (Å²) in [6.07, 6.45) is 2.48. The maximum absolute atomic E-state index is 14.6. The molecule has 2 aliphatic rings. The van der Waals surface area contributed by atoms with E-state index in [-0.39, 0.29) is 18.7 Å². The molecule has 3 heterocycles. The van der Waals surface area contributed by atoms with Crippen LogP contribution in [0.1, 0.15) is 37.8 Å². The van der Waals surface area contributed by atoms with Crippen molar-refractivity contribution in [3.63, 3.8) is 0 Å². The molecule has 1 saturated heterocycles. The molecule has 0 bridgehead atoms. The molecule has 0 radical (unpaired) electrons. The molecule has 1 amide bonds. The van der Waals surface area contributed by atoms with Crippen molar-refractivity contribution >= 4 is 21.3 Å². The third-order valence-corrected chi connectivity index (χ3v) is 9.33. The predicted octanol–water partition coefficient (Wildman–Crippen LogP) is 4.19. The fraction of sp³-hybridized carbons (Fsp3) is 0.429. The molecule has 2 N–H and O–H groups in total. The lowest BCUT2D eigenvalue weighted by Crippen LogP contribution is -2.41. The van der Waals surface area contributed by atoms with Gasteiger partial charge in [0.2, 0.25) is 5.91 Å². The largest absolute Gasteiger partial charge is 0.370 e. The zero-order valence-electron chi connectivity index (χ0n) is 22.1. The number of alkyl halides is 1. The number of halogens is 2. The van der Waals surface area contributed by atoms with Crippen LogP contribution in [0.3, 0.4) is 0 Å². The summed E-state index contributed by atoms with van der Waals surface area (Å²) in [6, 6.07) is 11.9. The van der Waals surface area contributed by atoms with Crippen molar-refractivity contribution < 1.29 is 17.8 Å². The molecule has 1 aliphatic carbocycles. The Balaban J connectivity index is 1.52. The van der Waals surface area contributed by atoms with E-state index in [1.807, 2.05) is 30.3 Å². The molecule has 1 aliphatic heterocycles. The molecule has 40 heavy (non-hydrogen) atoms. The minimum absolute atomic E-state index is 0.0306. The Kier molecular flexibility index (Phi) is 7.85. The standard InChI is InChI=1S/C28H31F2N7O2S/c1-18(15-31)34-28(38)24-14-20(29)4-8-23(24)27-25(17-37(35-27)26-9-5-21(30)16-33-26)19-2-6-22(7-3-19)36-10-12-40(32,39)13-11-36/h2-3,5-7,9,16-18,20,23-24,32H,4,8,10-14H2,1H3,(H,34,38)/t18-,20?,23?,24+/m0/s1. The highest BCUT2D eigenvalue weighted by atomic mass is 32.2. The molecule has 3 aromatic rings. The second-order valence-corrected chi connectivity index (χ2v) is 12.9. The number of nitrogens with one attached hydrogen (secondary N) is 2. The van der Waals surface area contributed by atoms with Crippen molar-refractivity contribution in [1.82, 2.24) is 20.1 Å². The van der Waals surface area contributed by atoms with Gasteiger partial charge < -0.3 is 10.2 Å². The molecule has 2 aromatic heterocycles. The van der Waals surface area contributed by atoms with E-state index in [1.165, 1.54) is 12.1 Å². The predicted molar refractivity (Wildman–Crippen MR) is 148 cm³/mol. The molecular weight excluding hydrogens is 536 g/mol. The monoisotopic (exact) mass is 567 g/mol.